The van der Waals surface area contributed by atoms with Gasteiger partial charge in [-0.25, -0.2) is 0 Å². The summed E-state index contributed by atoms with van der Waals surface area (Å²) in [6, 6.07) is 3.55. The van der Waals surface area contributed by atoms with Crippen molar-refractivity contribution in [2.75, 3.05) is 14.2 Å². The number of methoxy groups -OCH3 is 2. The Labute approximate surface area is 106 Å². The fourth-order valence-electron chi connectivity index (χ4n) is 1.40. The largest absolute Gasteiger partial charge is 0.496 e. The smallest absolute Gasteiger partial charge is 0.153 e. The lowest BCUT2D eigenvalue weighted by Crippen LogP contribution is -2.07. The Kier molecular flexibility index (Phi) is 4.46. The summed E-state index contributed by atoms with van der Waals surface area (Å²) in [6.07, 6.45) is 0.771. The normalized spacial score (nSPS) is 11.1. The SMILES string of the molecule is COc1cc(SC(C)(C)C)c(OC)cc1C=O. The Bertz CT molecular complexity index is 408. The molecule has 3 nitrogen and oxygen atoms in total. The van der Waals surface area contributed by atoms with Gasteiger partial charge in [-0.2, -0.15) is 0 Å². The van der Waals surface area contributed by atoms with Gasteiger partial charge in [-0.15, -0.1) is 11.8 Å². The molecule has 0 spiro atoms. The molecule has 0 aromatic heterocycles. The number of rotatable bonds is 4. The van der Waals surface area contributed by atoms with E-state index < -0.39 is 0 Å². The lowest BCUT2D eigenvalue weighted by atomic mass is 10.2. The third kappa shape index (κ3) is 3.66. The van der Waals surface area contributed by atoms with Crippen molar-refractivity contribution in [2.24, 2.45) is 0 Å². The first-order valence-corrected chi connectivity index (χ1v) is 6.13. The Morgan fingerprint density at radius 3 is 2.12 bits per heavy atom. The van der Waals surface area contributed by atoms with Crippen molar-refractivity contribution in [3.8, 4) is 11.5 Å². The van der Waals surface area contributed by atoms with Crippen molar-refractivity contribution in [1.29, 1.82) is 0 Å². The van der Waals surface area contributed by atoms with Gasteiger partial charge in [-0.3, -0.25) is 4.79 Å². The molecule has 0 saturated carbocycles. The number of carbonyl (C=O) groups is 1. The number of ether oxygens (including phenoxy) is 2. The van der Waals surface area contributed by atoms with Gasteiger partial charge in [0.15, 0.2) is 6.29 Å². The predicted molar refractivity (Wildman–Crippen MR) is 70.5 cm³/mol. The summed E-state index contributed by atoms with van der Waals surface area (Å²) >= 11 is 1.68. The van der Waals surface area contributed by atoms with E-state index >= 15 is 0 Å². The number of hydrogen-bond donors (Lipinski definition) is 0. The zero-order valence-electron chi connectivity index (χ0n) is 10.9. The topological polar surface area (TPSA) is 35.5 Å². The van der Waals surface area contributed by atoms with Crippen LogP contribution in [-0.2, 0) is 0 Å². The van der Waals surface area contributed by atoms with Gasteiger partial charge in [-0.05, 0) is 12.1 Å². The van der Waals surface area contributed by atoms with Gasteiger partial charge < -0.3 is 9.47 Å². The number of carbonyl (C=O) groups excluding carboxylic acids is 1. The molecule has 0 aliphatic heterocycles. The molecule has 94 valence electrons. The zero-order valence-corrected chi connectivity index (χ0v) is 11.7. The molecule has 0 saturated heterocycles. The average Bonchev–Trinajstić information content (AvgIpc) is 2.26. The molecule has 0 N–H and O–H groups in total. The van der Waals surface area contributed by atoms with Crippen LogP contribution in [0.2, 0.25) is 0 Å². The molecular formula is C13H18O3S. The van der Waals surface area contributed by atoms with Crippen LogP contribution in [0.4, 0.5) is 0 Å². The Balaban J connectivity index is 3.23. The van der Waals surface area contributed by atoms with E-state index in [2.05, 4.69) is 20.8 Å². The molecule has 1 rings (SSSR count). The Morgan fingerprint density at radius 1 is 1.12 bits per heavy atom. The highest BCUT2D eigenvalue weighted by Gasteiger charge is 2.18. The third-order valence-corrected chi connectivity index (χ3v) is 3.21. The molecule has 0 radical (unpaired) electrons. The summed E-state index contributed by atoms with van der Waals surface area (Å²) in [5.74, 6) is 1.28. The summed E-state index contributed by atoms with van der Waals surface area (Å²) in [7, 11) is 3.16. The van der Waals surface area contributed by atoms with Crippen LogP contribution in [-0.4, -0.2) is 25.3 Å². The van der Waals surface area contributed by atoms with Gasteiger partial charge in [-0.1, -0.05) is 20.8 Å². The van der Waals surface area contributed by atoms with E-state index in [9.17, 15) is 4.79 Å². The second-order valence-corrected chi connectivity index (χ2v) is 6.45. The minimum absolute atomic E-state index is 0.0704. The van der Waals surface area contributed by atoms with Crippen LogP contribution >= 0.6 is 11.8 Å². The van der Waals surface area contributed by atoms with Crippen molar-refractivity contribution < 1.29 is 14.3 Å². The highest BCUT2D eigenvalue weighted by molar-refractivity contribution is 8.00. The van der Waals surface area contributed by atoms with Crippen LogP contribution < -0.4 is 9.47 Å². The lowest BCUT2D eigenvalue weighted by Gasteiger charge is -2.20. The fraction of sp³-hybridized carbons (Fsp3) is 0.462. The number of hydrogen-bond acceptors (Lipinski definition) is 4. The first-order valence-electron chi connectivity index (χ1n) is 5.31. The zero-order chi connectivity index (χ0) is 13.1. The van der Waals surface area contributed by atoms with E-state index in [1.165, 1.54) is 0 Å². The van der Waals surface area contributed by atoms with Crippen molar-refractivity contribution in [3.63, 3.8) is 0 Å². The fourth-order valence-corrected chi connectivity index (χ4v) is 2.46. The summed E-state index contributed by atoms with van der Waals surface area (Å²) in [4.78, 5) is 11.9. The maximum atomic E-state index is 10.9. The second-order valence-electron chi connectivity index (χ2n) is 4.58. The summed E-state index contributed by atoms with van der Waals surface area (Å²) in [5.41, 5.74) is 0.502. The van der Waals surface area contributed by atoms with E-state index in [0.29, 0.717) is 17.1 Å². The van der Waals surface area contributed by atoms with Crippen molar-refractivity contribution in [3.05, 3.63) is 17.7 Å². The molecule has 0 atom stereocenters. The maximum Gasteiger partial charge on any atom is 0.153 e. The molecular weight excluding hydrogens is 236 g/mol. The molecule has 1 aromatic carbocycles. The van der Waals surface area contributed by atoms with Gasteiger partial charge in [0.05, 0.1) is 24.7 Å². The standard InChI is InChI=1S/C13H18O3S/c1-13(2,3)17-12-7-10(15-4)9(8-14)6-11(12)16-5/h6-8H,1-5H3. The minimum Gasteiger partial charge on any atom is -0.496 e. The average molecular weight is 254 g/mol. The highest BCUT2D eigenvalue weighted by Crippen LogP contribution is 2.40. The van der Waals surface area contributed by atoms with Crippen LogP contribution in [0, 0.1) is 0 Å². The number of aldehydes is 1. The summed E-state index contributed by atoms with van der Waals surface area (Å²) < 4.78 is 10.6. The van der Waals surface area contributed by atoms with Crippen LogP contribution in [0.3, 0.4) is 0 Å². The molecule has 0 unspecified atom stereocenters. The van der Waals surface area contributed by atoms with Crippen LogP contribution in [0.1, 0.15) is 31.1 Å². The Morgan fingerprint density at radius 2 is 1.71 bits per heavy atom. The lowest BCUT2D eigenvalue weighted by molar-refractivity contribution is 0.112. The van der Waals surface area contributed by atoms with E-state index in [0.717, 1.165) is 11.2 Å². The molecule has 0 bridgehead atoms. The molecule has 0 aliphatic carbocycles. The van der Waals surface area contributed by atoms with Gasteiger partial charge in [0.2, 0.25) is 0 Å². The minimum atomic E-state index is 0.0704. The molecule has 0 aliphatic rings. The summed E-state index contributed by atoms with van der Waals surface area (Å²) in [6.45, 7) is 6.37. The predicted octanol–water partition coefficient (Wildman–Crippen LogP) is 3.41. The third-order valence-electron chi connectivity index (χ3n) is 2.06. The van der Waals surface area contributed by atoms with Gasteiger partial charge in [0.25, 0.3) is 0 Å². The first-order chi connectivity index (χ1) is 7.91. The summed E-state index contributed by atoms with van der Waals surface area (Å²) in [5, 5.41) is 0. The van der Waals surface area contributed by atoms with Gasteiger partial charge in [0, 0.05) is 4.75 Å². The molecule has 4 heteroatoms. The van der Waals surface area contributed by atoms with E-state index in [4.69, 9.17) is 9.47 Å². The maximum absolute atomic E-state index is 10.9. The van der Waals surface area contributed by atoms with Gasteiger partial charge in [0.1, 0.15) is 11.5 Å². The number of benzene rings is 1. The van der Waals surface area contributed by atoms with Crippen LogP contribution in [0.5, 0.6) is 11.5 Å². The molecule has 17 heavy (non-hydrogen) atoms. The monoisotopic (exact) mass is 254 g/mol. The van der Waals surface area contributed by atoms with Gasteiger partial charge >= 0.3 is 0 Å². The van der Waals surface area contributed by atoms with Crippen molar-refractivity contribution >= 4 is 18.0 Å². The van der Waals surface area contributed by atoms with Crippen molar-refractivity contribution in [2.45, 2.75) is 30.4 Å². The molecule has 0 heterocycles. The molecule has 1 aromatic rings. The first kappa shape index (κ1) is 13.9. The molecule has 0 fully saturated rings. The Hall–Kier alpha value is -1.16. The highest BCUT2D eigenvalue weighted by atomic mass is 32.2. The number of thioether (sulfide) groups is 1. The van der Waals surface area contributed by atoms with Crippen LogP contribution in [0.25, 0.3) is 0 Å². The van der Waals surface area contributed by atoms with Crippen molar-refractivity contribution in [1.82, 2.24) is 0 Å². The van der Waals surface area contributed by atoms with E-state index in [1.54, 1.807) is 32.0 Å². The molecule has 0 amide bonds. The second kappa shape index (κ2) is 5.45. The van der Waals surface area contributed by atoms with E-state index in [1.807, 2.05) is 6.07 Å². The van der Waals surface area contributed by atoms with Crippen LogP contribution in [0.15, 0.2) is 17.0 Å². The van der Waals surface area contributed by atoms with E-state index in [-0.39, 0.29) is 4.75 Å². The quantitative estimate of drug-likeness (QED) is 0.609.